The molecule has 0 amide bonds. The molecular formula is C18H22ClNO. The van der Waals surface area contributed by atoms with Crippen LogP contribution in [0.25, 0.3) is 0 Å². The molecule has 0 bridgehead atoms. The van der Waals surface area contributed by atoms with Crippen LogP contribution in [-0.4, -0.2) is 13.7 Å². The van der Waals surface area contributed by atoms with E-state index < -0.39 is 0 Å². The van der Waals surface area contributed by atoms with Gasteiger partial charge < -0.3 is 10.1 Å². The summed E-state index contributed by atoms with van der Waals surface area (Å²) in [5.74, 6) is 0.877. The van der Waals surface area contributed by atoms with Gasteiger partial charge in [-0.2, -0.15) is 0 Å². The van der Waals surface area contributed by atoms with Crippen LogP contribution in [0.15, 0.2) is 36.4 Å². The molecule has 0 aromatic heterocycles. The van der Waals surface area contributed by atoms with Crippen LogP contribution in [0.3, 0.4) is 0 Å². The van der Waals surface area contributed by atoms with E-state index in [9.17, 15) is 0 Å². The maximum atomic E-state index is 6.52. The monoisotopic (exact) mass is 303 g/mol. The molecular weight excluding hydrogens is 282 g/mol. The molecule has 3 heteroatoms. The van der Waals surface area contributed by atoms with E-state index in [2.05, 4.69) is 43.4 Å². The highest BCUT2D eigenvalue weighted by Crippen LogP contribution is 2.33. The molecule has 2 aromatic carbocycles. The first kappa shape index (κ1) is 15.9. The lowest BCUT2D eigenvalue weighted by atomic mass is 9.93. The van der Waals surface area contributed by atoms with Crippen LogP contribution in [0.4, 0.5) is 0 Å². The van der Waals surface area contributed by atoms with Crippen LogP contribution in [0, 0.1) is 13.8 Å². The Morgan fingerprint density at radius 3 is 2.48 bits per heavy atom. The molecule has 0 fully saturated rings. The first-order valence-electron chi connectivity index (χ1n) is 7.21. The quantitative estimate of drug-likeness (QED) is 0.867. The molecule has 2 aromatic rings. The lowest BCUT2D eigenvalue weighted by Gasteiger charge is -2.23. The Balaban J connectivity index is 2.51. The zero-order valence-corrected chi connectivity index (χ0v) is 13.8. The molecule has 2 rings (SSSR count). The summed E-state index contributed by atoms with van der Waals surface area (Å²) in [6.07, 6.45) is 0. The SMILES string of the molecule is CCNC(c1ccc(OC)cc1C)c1cccc(C)c1Cl. The van der Waals surface area contributed by atoms with E-state index >= 15 is 0 Å². The number of methoxy groups -OCH3 is 1. The van der Waals surface area contributed by atoms with E-state index in [-0.39, 0.29) is 6.04 Å². The molecule has 0 aliphatic carbocycles. The van der Waals surface area contributed by atoms with E-state index in [1.54, 1.807) is 7.11 Å². The summed E-state index contributed by atoms with van der Waals surface area (Å²) in [7, 11) is 1.69. The standard InChI is InChI=1S/C18H22ClNO/c1-5-20-18(16-8-6-7-12(2)17(16)19)15-10-9-14(21-4)11-13(15)3/h6-11,18,20H,5H2,1-4H3. The van der Waals surface area contributed by atoms with Crippen molar-refractivity contribution >= 4 is 11.6 Å². The van der Waals surface area contributed by atoms with Crippen molar-refractivity contribution in [2.24, 2.45) is 0 Å². The number of hydrogen-bond donors (Lipinski definition) is 1. The third-order valence-corrected chi connectivity index (χ3v) is 4.25. The van der Waals surface area contributed by atoms with Gasteiger partial charge in [-0.15, -0.1) is 0 Å². The highest BCUT2D eigenvalue weighted by atomic mass is 35.5. The normalized spacial score (nSPS) is 12.2. The van der Waals surface area contributed by atoms with Crippen molar-refractivity contribution in [2.45, 2.75) is 26.8 Å². The first-order chi connectivity index (χ1) is 10.1. The van der Waals surface area contributed by atoms with Crippen LogP contribution in [0.2, 0.25) is 5.02 Å². The fourth-order valence-electron chi connectivity index (χ4n) is 2.58. The number of hydrogen-bond acceptors (Lipinski definition) is 2. The number of nitrogens with one attached hydrogen (secondary N) is 1. The van der Waals surface area contributed by atoms with Gasteiger partial charge in [0, 0.05) is 5.02 Å². The molecule has 112 valence electrons. The minimum atomic E-state index is 0.0910. The average molecular weight is 304 g/mol. The van der Waals surface area contributed by atoms with Crippen LogP contribution < -0.4 is 10.1 Å². The molecule has 0 radical (unpaired) electrons. The number of aryl methyl sites for hydroxylation is 2. The van der Waals surface area contributed by atoms with Gasteiger partial charge in [0.1, 0.15) is 5.75 Å². The first-order valence-corrected chi connectivity index (χ1v) is 7.59. The van der Waals surface area contributed by atoms with Crippen molar-refractivity contribution in [1.29, 1.82) is 0 Å². The molecule has 1 unspecified atom stereocenters. The number of benzene rings is 2. The van der Waals surface area contributed by atoms with Gasteiger partial charge in [0.25, 0.3) is 0 Å². The predicted octanol–water partition coefficient (Wildman–Crippen LogP) is 4.66. The molecule has 1 atom stereocenters. The van der Waals surface area contributed by atoms with Crippen molar-refractivity contribution in [3.05, 3.63) is 63.7 Å². The highest BCUT2D eigenvalue weighted by Gasteiger charge is 2.18. The minimum Gasteiger partial charge on any atom is -0.497 e. The van der Waals surface area contributed by atoms with E-state index in [4.69, 9.17) is 16.3 Å². The van der Waals surface area contributed by atoms with Crippen LogP contribution in [0.5, 0.6) is 5.75 Å². The Hall–Kier alpha value is -1.51. The van der Waals surface area contributed by atoms with Gasteiger partial charge in [-0.3, -0.25) is 0 Å². The topological polar surface area (TPSA) is 21.3 Å². The molecule has 1 N–H and O–H groups in total. The second-order valence-electron chi connectivity index (χ2n) is 5.19. The summed E-state index contributed by atoms with van der Waals surface area (Å²) < 4.78 is 5.29. The molecule has 0 aliphatic heterocycles. The van der Waals surface area contributed by atoms with E-state index in [1.807, 2.05) is 19.1 Å². The maximum Gasteiger partial charge on any atom is 0.119 e. The summed E-state index contributed by atoms with van der Waals surface area (Å²) in [6, 6.07) is 12.4. The summed E-state index contributed by atoms with van der Waals surface area (Å²) in [4.78, 5) is 0. The summed E-state index contributed by atoms with van der Waals surface area (Å²) in [6.45, 7) is 7.12. The zero-order valence-electron chi connectivity index (χ0n) is 13.0. The maximum absolute atomic E-state index is 6.52. The number of rotatable bonds is 5. The Kier molecular flexibility index (Phi) is 5.27. The average Bonchev–Trinajstić information content (AvgIpc) is 2.48. The number of ether oxygens (including phenoxy) is 1. The van der Waals surface area contributed by atoms with Crippen molar-refractivity contribution < 1.29 is 4.74 Å². The van der Waals surface area contributed by atoms with Crippen molar-refractivity contribution in [3.63, 3.8) is 0 Å². The molecule has 0 spiro atoms. The van der Waals surface area contributed by atoms with Gasteiger partial charge in [0.15, 0.2) is 0 Å². The predicted molar refractivity (Wildman–Crippen MR) is 89.4 cm³/mol. The van der Waals surface area contributed by atoms with Gasteiger partial charge >= 0.3 is 0 Å². The third-order valence-electron chi connectivity index (χ3n) is 3.73. The fourth-order valence-corrected chi connectivity index (χ4v) is 2.82. The van der Waals surface area contributed by atoms with Gasteiger partial charge in [-0.1, -0.05) is 42.8 Å². The smallest absolute Gasteiger partial charge is 0.119 e. The lowest BCUT2D eigenvalue weighted by molar-refractivity contribution is 0.414. The highest BCUT2D eigenvalue weighted by molar-refractivity contribution is 6.32. The van der Waals surface area contributed by atoms with Gasteiger partial charge in [0.2, 0.25) is 0 Å². The minimum absolute atomic E-state index is 0.0910. The van der Waals surface area contributed by atoms with Crippen molar-refractivity contribution in [3.8, 4) is 5.75 Å². The van der Waals surface area contributed by atoms with Gasteiger partial charge in [-0.05, 0) is 54.8 Å². The Labute approximate surface area is 132 Å². The third kappa shape index (κ3) is 3.39. The van der Waals surface area contributed by atoms with Gasteiger partial charge in [-0.25, -0.2) is 0 Å². The lowest BCUT2D eigenvalue weighted by Crippen LogP contribution is -2.23. The van der Waals surface area contributed by atoms with E-state index in [0.29, 0.717) is 0 Å². The summed E-state index contributed by atoms with van der Waals surface area (Å²) in [5.41, 5.74) is 4.64. The Bertz CT molecular complexity index is 625. The van der Waals surface area contributed by atoms with Crippen molar-refractivity contribution in [2.75, 3.05) is 13.7 Å². The van der Waals surface area contributed by atoms with Crippen LogP contribution >= 0.6 is 11.6 Å². The summed E-state index contributed by atoms with van der Waals surface area (Å²) in [5, 5.41) is 4.37. The Morgan fingerprint density at radius 1 is 1.10 bits per heavy atom. The molecule has 0 saturated heterocycles. The number of halogens is 1. The summed E-state index contributed by atoms with van der Waals surface area (Å²) >= 11 is 6.52. The van der Waals surface area contributed by atoms with E-state index in [0.717, 1.165) is 28.4 Å². The molecule has 0 heterocycles. The van der Waals surface area contributed by atoms with Gasteiger partial charge in [0.05, 0.1) is 13.2 Å². The van der Waals surface area contributed by atoms with Crippen LogP contribution in [0.1, 0.15) is 35.2 Å². The molecule has 2 nitrogen and oxygen atoms in total. The largest absolute Gasteiger partial charge is 0.497 e. The molecule has 0 saturated carbocycles. The van der Waals surface area contributed by atoms with E-state index in [1.165, 1.54) is 11.1 Å². The van der Waals surface area contributed by atoms with Crippen molar-refractivity contribution in [1.82, 2.24) is 5.32 Å². The molecule has 0 aliphatic rings. The zero-order chi connectivity index (χ0) is 15.4. The Morgan fingerprint density at radius 2 is 1.86 bits per heavy atom. The molecule has 21 heavy (non-hydrogen) atoms. The second kappa shape index (κ2) is 6.97. The fraction of sp³-hybridized carbons (Fsp3) is 0.333. The van der Waals surface area contributed by atoms with Crippen LogP contribution in [-0.2, 0) is 0 Å². The second-order valence-corrected chi connectivity index (χ2v) is 5.57.